The van der Waals surface area contributed by atoms with Crippen LogP contribution in [0.1, 0.15) is 43.2 Å². The first-order chi connectivity index (χ1) is 10.2. The second-order valence-electron chi connectivity index (χ2n) is 6.37. The number of aromatic amines is 1. The highest BCUT2D eigenvalue weighted by atomic mass is 16.4. The van der Waals surface area contributed by atoms with E-state index in [9.17, 15) is 9.59 Å². The number of carbonyl (C=O) groups is 2. The lowest BCUT2D eigenvalue weighted by atomic mass is 9.85. The third-order valence-corrected chi connectivity index (χ3v) is 4.21. The average Bonchev–Trinajstić information content (AvgIpc) is 2.80. The molecule has 5 heteroatoms. The van der Waals surface area contributed by atoms with Gasteiger partial charge in [0.2, 0.25) is 0 Å². The van der Waals surface area contributed by atoms with Gasteiger partial charge in [0.1, 0.15) is 5.69 Å². The molecule has 0 aliphatic rings. The molecule has 0 fully saturated rings. The normalized spacial score (nSPS) is 14.0. The van der Waals surface area contributed by atoms with Crippen LogP contribution in [0, 0.1) is 12.8 Å². The van der Waals surface area contributed by atoms with Gasteiger partial charge in [0.15, 0.2) is 0 Å². The summed E-state index contributed by atoms with van der Waals surface area (Å²) in [5.41, 5.74) is 1.66. The molecule has 2 rings (SSSR count). The van der Waals surface area contributed by atoms with E-state index in [1.807, 2.05) is 39.0 Å². The molecule has 5 nitrogen and oxygen atoms in total. The number of amides is 1. The van der Waals surface area contributed by atoms with Crippen molar-refractivity contribution in [1.82, 2.24) is 10.3 Å². The van der Waals surface area contributed by atoms with E-state index in [0.717, 1.165) is 16.5 Å². The number of carboxylic acid groups (broad SMARTS) is 1. The zero-order valence-corrected chi connectivity index (χ0v) is 13.4. The summed E-state index contributed by atoms with van der Waals surface area (Å²) in [5, 5.41) is 12.9. The molecule has 1 aromatic carbocycles. The van der Waals surface area contributed by atoms with Crippen molar-refractivity contribution in [2.24, 2.45) is 5.92 Å². The Bertz CT molecular complexity index is 718. The van der Waals surface area contributed by atoms with E-state index in [4.69, 9.17) is 5.11 Å². The van der Waals surface area contributed by atoms with E-state index in [2.05, 4.69) is 10.3 Å². The first-order valence-electron chi connectivity index (χ1n) is 7.35. The lowest BCUT2D eigenvalue weighted by Gasteiger charge is -2.33. The van der Waals surface area contributed by atoms with Crippen molar-refractivity contribution in [3.63, 3.8) is 0 Å². The van der Waals surface area contributed by atoms with Crippen LogP contribution in [0.2, 0.25) is 0 Å². The molecule has 0 saturated heterocycles. The fourth-order valence-corrected chi connectivity index (χ4v) is 2.40. The molecule has 0 radical (unpaired) electrons. The number of hydrogen-bond acceptors (Lipinski definition) is 2. The summed E-state index contributed by atoms with van der Waals surface area (Å²) in [7, 11) is 0. The van der Waals surface area contributed by atoms with E-state index in [0.29, 0.717) is 5.69 Å². The molecule has 118 valence electrons. The van der Waals surface area contributed by atoms with Crippen molar-refractivity contribution in [2.75, 3.05) is 0 Å². The number of aliphatic carboxylic acids is 1. The number of nitrogens with one attached hydrogen (secondary N) is 2. The Labute approximate surface area is 129 Å². The van der Waals surface area contributed by atoms with Crippen molar-refractivity contribution in [1.29, 1.82) is 0 Å². The number of hydrogen-bond donors (Lipinski definition) is 3. The molecule has 0 aliphatic carbocycles. The number of carbonyl (C=O) groups excluding carboxylic acids is 1. The molecule has 0 aliphatic heterocycles. The maximum absolute atomic E-state index is 12.5. The van der Waals surface area contributed by atoms with Crippen molar-refractivity contribution >= 4 is 22.8 Å². The molecule has 22 heavy (non-hydrogen) atoms. The number of fused-ring (bicyclic) bond motifs is 1. The largest absolute Gasteiger partial charge is 0.481 e. The molecule has 1 unspecified atom stereocenters. The van der Waals surface area contributed by atoms with E-state index in [-0.39, 0.29) is 18.2 Å². The third kappa shape index (κ3) is 3.30. The molecular weight excluding hydrogens is 280 g/mol. The molecule has 1 heterocycles. The number of aryl methyl sites for hydroxylation is 1. The smallest absolute Gasteiger partial charge is 0.305 e. The van der Waals surface area contributed by atoms with Crippen LogP contribution in [0.4, 0.5) is 0 Å². The van der Waals surface area contributed by atoms with Gasteiger partial charge < -0.3 is 15.4 Å². The van der Waals surface area contributed by atoms with Crippen LogP contribution in [-0.2, 0) is 4.79 Å². The molecular formula is C17H22N2O3. The van der Waals surface area contributed by atoms with E-state index < -0.39 is 11.5 Å². The number of carboxylic acids is 1. The quantitative estimate of drug-likeness (QED) is 0.793. The maximum atomic E-state index is 12.5. The van der Waals surface area contributed by atoms with Crippen LogP contribution < -0.4 is 5.32 Å². The summed E-state index contributed by atoms with van der Waals surface area (Å²) in [4.78, 5) is 26.6. The van der Waals surface area contributed by atoms with Gasteiger partial charge in [0.05, 0.1) is 12.0 Å². The molecule has 3 N–H and O–H groups in total. The lowest BCUT2D eigenvalue weighted by molar-refractivity contribution is -0.138. The monoisotopic (exact) mass is 302 g/mol. The minimum Gasteiger partial charge on any atom is -0.481 e. The molecule has 1 aromatic heterocycles. The Kier molecular flexibility index (Phi) is 4.26. The van der Waals surface area contributed by atoms with Crippen LogP contribution in [0.3, 0.4) is 0 Å². The Morgan fingerprint density at radius 2 is 2.00 bits per heavy atom. The first kappa shape index (κ1) is 16.1. The van der Waals surface area contributed by atoms with Crippen LogP contribution in [0.5, 0.6) is 0 Å². The van der Waals surface area contributed by atoms with Crippen molar-refractivity contribution in [3.05, 3.63) is 35.5 Å². The Balaban J connectivity index is 2.27. The standard InChI is InChI=1S/C17H22N2O3/c1-10(2)17(4,9-15(20)21)19-16(22)14-8-12-6-5-11(3)7-13(12)18-14/h5-8,10,18H,9H2,1-4H3,(H,19,22)(H,20,21). The SMILES string of the molecule is Cc1ccc2cc(C(=O)NC(C)(CC(=O)O)C(C)C)[nH]c2c1. The summed E-state index contributed by atoms with van der Waals surface area (Å²) in [6, 6.07) is 7.70. The predicted octanol–water partition coefficient (Wildman–Crippen LogP) is 3.10. The fraction of sp³-hybridized carbons (Fsp3) is 0.412. The van der Waals surface area contributed by atoms with Gasteiger partial charge >= 0.3 is 5.97 Å². The minimum atomic E-state index is -0.927. The van der Waals surface area contributed by atoms with Gasteiger partial charge in [-0.25, -0.2) is 0 Å². The maximum Gasteiger partial charge on any atom is 0.305 e. The second-order valence-corrected chi connectivity index (χ2v) is 6.37. The molecule has 0 saturated carbocycles. The highest BCUT2D eigenvalue weighted by molar-refractivity contribution is 5.98. The molecule has 0 bridgehead atoms. The molecule has 1 atom stereocenters. The lowest BCUT2D eigenvalue weighted by Crippen LogP contribution is -2.51. The predicted molar refractivity (Wildman–Crippen MR) is 86.0 cm³/mol. The van der Waals surface area contributed by atoms with Gasteiger partial charge in [0, 0.05) is 10.9 Å². The van der Waals surface area contributed by atoms with Gasteiger partial charge in [-0.05, 0) is 37.5 Å². The Hall–Kier alpha value is -2.30. The van der Waals surface area contributed by atoms with Crippen LogP contribution in [-0.4, -0.2) is 27.5 Å². The first-order valence-corrected chi connectivity index (χ1v) is 7.35. The van der Waals surface area contributed by atoms with Crippen molar-refractivity contribution < 1.29 is 14.7 Å². The zero-order chi connectivity index (χ0) is 16.5. The van der Waals surface area contributed by atoms with Crippen LogP contribution in [0.15, 0.2) is 24.3 Å². The third-order valence-electron chi connectivity index (χ3n) is 4.21. The molecule has 0 spiro atoms. The van der Waals surface area contributed by atoms with Crippen LogP contribution in [0.25, 0.3) is 10.9 Å². The molecule has 2 aromatic rings. The summed E-state index contributed by atoms with van der Waals surface area (Å²) < 4.78 is 0. The van der Waals surface area contributed by atoms with E-state index >= 15 is 0 Å². The minimum absolute atomic E-state index is 0.000766. The van der Waals surface area contributed by atoms with Crippen LogP contribution >= 0.6 is 0 Å². The van der Waals surface area contributed by atoms with Gasteiger partial charge in [-0.1, -0.05) is 26.0 Å². The van der Waals surface area contributed by atoms with Gasteiger partial charge in [-0.3, -0.25) is 9.59 Å². The summed E-state index contributed by atoms with van der Waals surface area (Å²) in [6.07, 6.45) is -0.115. The summed E-state index contributed by atoms with van der Waals surface area (Å²) in [5.74, 6) is -1.21. The number of rotatable bonds is 5. The highest BCUT2D eigenvalue weighted by Crippen LogP contribution is 2.22. The average molecular weight is 302 g/mol. The zero-order valence-electron chi connectivity index (χ0n) is 13.4. The number of aromatic nitrogens is 1. The summed E-state index contributed by atoms with van der Waals surface area (Å²) in [6.45, 7) is 7.55. The van der Waals surface area contributed by atoms with Crippen molar-refractivity contribution in [3.8, 4) is 0 Å². The number of benzene rings is 1. The van der Waals surface area contributed by atoms with E-state index in [1.165, 1.54) is 0 Å². The molecule has 1 amide bonds. The second kappa shape index (κ2) is 5.83. The fourth-order valence-electron chi connectivity index (χ4n) is 2.40. The topological polar surface area (TPSA) is 82.2 Å². The van der Waals surface area contributed by atoms with E-state index in [1.54, 1.807) is 13.0 Å². The van der Waals surface area contributed by atoms with Gasteiger partial charge in [-0.2, -0.15) is 0 Å². The van der Waals surface area contributed by atoms with Gasteiger partial charge in [-0.15, -0.1) is 0 Å². The highest BCUT2D eigenvalue weighted by Gasteiger charge is 2.33. The van der Waals surface area contributed by atoms with Crippen molar-refractivity contribution in [2.45, 2.75) is 39.7 Å². The Morgan fingerprint density at radius 3 is 2.59 bits per heavy atom. The van der Waals surface area contributed by atoms with Gasteiger partial charge in [0.25, 0.3) is 5.91 Å². The Morgan fingerprint density at radius 1 is 1.32 bits per heavy atom. The summed E-state index contributed by atoms with van der Waals surface area (Å²) >= 11 is 0. The number of H-pyrrole nitrogens is 1.